The van der Waals surface area contributed by atoms with Crippen LogP contribution in [0.5, 0.6) is 0 Å². The third-order valence-corrected chi connectivity index (χ3v) is 9.68. The van der Waals surface area contributed by atoms with Crippen LogP contribution in [0.2, 0.25) is 5.82 Å². The van der Waals surface area contributed by atoms with E-state index in [1.807, 2.05) is 0 Å². The zero-order valence-corrected chi connectivity index (χ0v) is 18.1. The van der Waals surface area contributed by atoms with Gasteiger partial charge in [0.25, 0.3) is 0 Å². The smallest absolute Gasteiger partial charge is 0.105 e. The molecule has 2 nitrogen and oxygen atoms in total. The zero-order valence-electron chi connectivity index (χ0n) is 18.1. The molecule has 0 bridgehead atoms. The maximum Gasteiger partial charge on any atom is 0.105 e. The lowest BCUT2D eigenvalue weighted by Crippen LogP contribution is -2.51. The van der Waals surface area contributed by atoms with E-state index in [1.54, 1.807) is 0 Å². The summed E-state index contributed by atoms with van der Waals surface area (Å²) in [5.74, 6) is 4.06. The second-order valence-corrected chi connectivity index (χ2v) is 11.1. The molecule has 0 saturated heterocycles. The Morgan fingerprint density at radius 1 is 1.07 bits per heavy atom. The van der Waals surface area contributed by atoms with Crippen LogP contribution in [0.15, 0.2) is 48.8 Å². The van der Waals surface area contributed by atoms with E-state index in [0.29, 0.717) is 5.41 Å². The van der Waals surface area contributed by atoms with Gasteiger partial charge in [-0.2, -0.15) is 0 Å². The van der Waals surface area contributed by atoms with E-state index in [2.05, 4.69) is 75.1 Å². The number of imidazole rings is 1. The lowest BCUT2D eigenvalue weighted by Gasteiger charge is -2.58. The number of rotatable bonds is 1. The van der Waals surface area contributed by atoms with Crippen molar-refractivity contribution >= 4 is 24.6 Å². The highest BCUT2D eigenvalue weighted by atomic mass is 15.1. The lowest BCUT2D eigenvalue weighted by atomic mass is 9.45. The molecule has 0 aliphatic heterocycles. The average molecular weight is 384 g/mol. The number of aromatic nitrogens is 2. The number of fused-ring (bicyclic) bond motifs is 6. The first kappa shape index (κ1) is 18.0. The van der Waals surface area contributed by atoms with Crippen LogP contribution in [0.4, 0.5) is 0 Å². The van der Waals surface area contributed by atoms with Gasteiger partial charge in [0.1, 0.15) is 14.2 Å². The van der Waals surface area contributed by atoms with E-state index in [0.717, 1.165) is 35.0 Å². The first-order valence-electron chi connectivity index (χ1n) is 11.8. The van der Waals surface area contributed by atoms with Crippen molar-refractivity contribution in [2.24, 2.45) is 34.5 Å². The van der Waals surface area contributed by atoms with E-state index in [4.69, 9.17) is 4.98 Å². The summed E-state index contributed by atoms with van der Waals surface area (Å²) in [6.45, 7) is 5.19. The topological polar surface area (TPSA) is 17.8 Å². The molecule has 2 fully saturated rings. The van der Waals surface area contributed by atoms with Crippen molar-refractivity contribution in [1.29, 1.82) is 0 Å². The Morgan fingerprint density at radius 2 is 1.93 bits per heavy atom. The average Bonchev–Trinajstić information content (AvgIpc) is 3.29. The van der Waals surface area contributed by atoms with Gasteiger partial charge < -0.3 is 4.57 Å². The summed E-state index contributed by atoms with van der Waals surface area (Å²) in [4.78, 5) is 4.69. The fourth-order valence-electron chi connectivity index (χ4n) is 7.89. The first-order valence-corrected chi connectivity index (χ1v) is 11.8. The molecular weight excluding hydrogens is 351 g/mol. The molecule has 5 unspecified atom stereocenters. The highest BCUT2D eigenvalue weighted by Gasteiger charge is 2.57. The zero-order chi connectivity index (χ0) is 19.8. The predicted octanol–water partition coefficient (Wildman–Crippen LogP) is 5.73. The number of nitrogens with zero attached hydrogens (tertiary/aromatic N) is 2. The largest absolute Gasteiger partial charge is 0.302 e. The number of hydrogen-bond acceptors (Lipinski definition) is 1. The lowest BCUT2D eigenvalue weighted by molar-refractivity contribution is -0.0372. The Morgan fingerprint density at radius 3 is 2.83 bits per heavy atom. The molecule has 0 spiro atoms. The van der Waals surface area contributed by atoms with Crippen molar-refractivity contribution in [3.05, 3.63) is 48.8 Å². The summed E-state index contributed by atoms with van der Waals surface area (Å²) in [5, 5.41) is 0. The van der Waals surface area contributed by atoms with E-state index in [-0.39, 0.29) is 5.41 Å². The van der Waals surface area contributed by atoms with E-state index in [1.165, 1.54) is 49.7 Å². The molecule has 1 heterocycles. The van der Waals surface area contributed by atoms with Crippen LogP contribution in [0.25, 0.3) is 16.7 Å². The van der Waals surface area contributed by atoms with Gasteiger partial charge in [-0.1, -0.05) is 62.9 Å². The molecule has 6 rings (SSSR count). The minimum absolute atomic E-state index is 0.264. The molecule has 1 aromatic carbocycles. The van der Waals surface area contributed by atoms with Crippen LogP contribution in [0, 0.1) is 34.5 Å². The van der Waals surface area contributed by atoms with E-state index < -0.39 is 0 Å². The van der Waals surface area contributed by atoms with Gasteiger partial charge in [-0.3, -0.25) is 0 Å². The Balaban J connectivity index is 1.37. The normalized spacial score (nSPS) is 43.5. The van der Waals surface area contributed by atoms with Crippen molar-refractivity contribution in [3.63, 3.8) is 0 Å². The highest BCUT2D eigenvalue weighted by molar-refractivity contribution is 6.11. The van der Waals surface area contributed by atoms with Gasteiger partial charge in [0.2, 0.25) is 0 Å². The molecular formula is C26H33BN2. The molecule has 4 aliphatic rings. The van der Waals surface area contributed by atoms with Gasteiger partial charge in [0.15, 0.2) is 0 Å². The molecule has 1 aromatic heterocycles. The second-order valence-electron chi connectivity index (χ2n) is 11.1. The maximum absolute atomic E-state index is 4.69. The van der Waals surface area contributed by atoms with Gasteiger partial charge in [-0.25, -0.2) is 4.98 Å². The van der Waals surface area contributed by atoms with E-state index >= 15 is 0 Å². The molecule has 2 aromatic rings. The fourth-order valence-corrected chi connectivity index (χ4v) is 7.89. The van der Waals surface area contributed by atoms with E-state index in [9.17, 15) is 0 Å². The second kappa shape index (κ2) is 6.12. The summed E-state index contributed by atoms with van der Waals surface area (Å²) >= 11 is 0. The third kappa shape index (κ3) is 2.39. The van der Waals surface area contributed by atoms with Crippen molar-refractivity contribution in [2.45, 2.75) is 58.2 Å². The first-order chi connectivity index (χ1) is 14.0. The maximum atomic E-state index is 4.69. The number of allylic oxidation sites excluding steroid dienone is 4. The van der Waals surface area contributed by atoms with Crippen molar-refractivity contribution in [1.82, 2.24) is 9.55 Å². The van der Waals surface area contributed by atoms with Crippen LogP contribution in [0.1, 0.15) is 52.4 Å². The summed E-state index contributed by atoms with van der Waals surface area (Å²) in [7, 11) is 2.46. The minimum atomic E-state index is 0.264. The molecule has 150 valence electrons. The summed E-state index contributed by atoms with van der Waals surface area (Å²) in [5.41, 5.74) is 4.67. The Bertz CT molecular complexity index is 1020. The van der Waals surface area contributed by atoms with Crippen molar-refractivity contribution in [2.75, 3.05) is 0 Å². The van der Waals surface area contributed by atoms with Crippen LogP contribution in [-0.4, -0.2) is 17.4 Å². The van der Waals surface area contributed by atoms with Crippen LogP contribution >= 0.6 is 0 Å². The van der Waals surface area contributed by atoms with Gasteiger partial charge in [0.05, 0.1) is 11.0 Å². The van der Waals surface area contributed by atoms with Gasteiger partial charge >= 0.3 is 0 Å². The monoisotopic (exact) mass is 384 g/mol. The van der Waals surface area contributed by atoms with Crippen molar-refractivity contribution in [3.8, 4) is 0 Å². The Kier molecular flexibility index (Phi) is 3.81. The number of para-hydroxylation sites is 2. The van der Waals surface area contributed by atoms with Gasteiger partial charge in [-0.15, -0.1) is 0 Å². The molecule has 0 radical (unpaired) electrons. The fraction of sp³-hybridized carbons (Fsp3) is 0.577. The minimum Gasteiger partial charge on any atom is -0.302 e. The van der Waals surface area contributed by atoms with Crippen molar-refractivity contribution < 1.29 is 0 Å². The van der Waals surface area contributed by atoms with Gasteiger partial charge in [0, 0.05) is 11.1 Å². The summed E-state index contributed by atoms with van der Waals surface area (Å²) in [6.07, 6.45) is 18.1. The molecule has 4 aliphatic carbocycles. The molecule has 7 atom stereocenters. The van der Waals surface area contributed by atoms with Crippen LogP contribution in [-0.2, 0) is 0 Å². The molecule has 3 heteroatoms. The highest BCUT2D eigenvalue weighted by Crippen LogP contribution is 2.65. The molecule has 29 heavy (non-hydrogen) atoms. The third-order valence-electron chi connectivity index (χ3n) is 9.68. The predicted molar refractivity (Wildman–Crippen MR) is 123 cm³/mol. The molecule has 2 saturated carbocycles. The van der Waals surface area contributed by atoms with Gasteiger partial charge in [-0.05, 0) is 66.9 Å². The SMILES string of the molecule is BC1CC[C@@]2(C)C(C=CC3C2CC[C@]2(C)C(n4cnc5ccccc54)=CCC32)C1. The van der Waals surface area contributed by atoms with Crippen LogP contribution in [0.3, 0.4) is 0 Å². The summed E-state index contributed by atoms with van der Waals surface area (Å²) < 4.78 is 2.40. The quantitative estimate of drug-likeness (QED) is 0.454. The molecule has 0 N–H and O–H groups in total. The number of hydrogen-bond donors (Lipinski definition) is 0. The molecule has 0 amide bonds. The summed E-state index contributed by atoms with van der Waals surface area (Å²) in [6, 6.07) is 8.59. The Hall–Kier alpha value is -1.77. The Labute approximate surface area is 175 Å². The van der Waals surface area contributed by atoms with Crippen LogP contribution < -0.4 is 0 Å². The number of benzene rings is 1. The standard InChI is InChI=1S/C26H33BN2/c1-25-13-11-18(27)15-17(25)7-8-19-20-9-10-24(26(20,2)14-12-21(19)25)29-16-28-22-5-3-4-6-23(22)29/h3-8,10,16-21H,9,11-15,27H2,1-2H3/t17?,18?,19?,20?,21?,25-,26-/m0/s1.